The minimum atomic E-state index is -0.695. The van der Waals surface area contributed by atoms with Crippen molar-refractivity contribution in [3.63, 3.8) is 0 Å². The second-order valence-electron chi connectivity index (χ2n) is 14.1. The van der Waals surface area contributed by atoms with Gasteiger partial charge in [0.25, 0.3) is 0 Å². The van der Waals surface area contributed by atoms with Crippen molar-refractivity contribution in [3.8, 4) is 20.9 Å². The molecule has 2 atom stereocenters. The molecule has 5 rings (SSSR count). The van der Waals surface area contributed by atoms with Crippen molar-refractivity contribution < 1.29 is 0 Å². The topological polar surface area (TPSA) is 0 Å². The molecule has 258 valence electrons. The molecule has 5 aromatic rings. The van der Waals surface area contributed by atoms with Crippen LogP contribution in [0.5, 0.6) is 0 Å². The summed E-state index contributed by atoms with van der Waals surface area (Å²) in [5, 5.41) is 4.88. The van der Waals surface area contributed by atoms with Crippen LogP contribution in [0.1, 0.15) is 117 Å². The first-order valence-corrected chi connectivity index (χ1v) is 28.4. The summed E-state index contributed by atoms with van der Waals surface area (Å²) in [5.74, 6) is 1.42. The Morgan fingerprint density at radius 3 is 1.31 bits per heavy atom. The van der Waals surface area contributed by atoms with Gasteiger partial charge in [0, 0.05) is 0 Å². The molecule has 0 fully saturated rings. The molecule has 0 spiro atoms. The van der Waals surface area contributed by atoms with Gasteiger partial charge in [0.1, 0.15) is 0 Å². The molecule has 4 heterocycles. The van der Waals surface area contributed by atoms with Crippen molar-refractivity contribution in [2.24, 2.45) is 11.8 Å². The van der Waals surface area contributed by atoms with Gasteiger partial charge < -0.3 is 0 Å². The van der Waals surface area contributed by atoms with Gasteiger partial charge in [0.15, 0.2) is 0 Å². The second-order valence-corrected chi connectivity index (χ2v) is 32.6. The third kappa shape index (κ3) is 9.63. The molecule has 0 aliphatic carbocycles. The number of unbranched alkanes of at least 4 members (excludes halogenated alkanes) is 2. The molecule has 0 bridgehead atoms. The fourth-order valence-corrected chi connectivity index (χ4v) is 22.6. The van der Waals surface area contributed by atoms with Crippen LogP contribution in [0.2, 0.25) is 17.9 Å². The van der Waals surface area contributed by atoms with Gasteiger partial charge in [0.2, 0.25) is 0 Å². The number of halogens is 2. The van der Waals surface area contributed by atoms with Crippen LogP contribution in [0, 0.1) is 11.8 Å². The summed E-state index contributed by atoms with van der Waals surface area (Å²) in [4.78, 5) is 5.51. The Morgan fingerprint density at radius 1 is 0.583 bits per heavy atom. The number of hydrogen-bond acceptors (Lipinski definition) is 4. The Balaban J connectivity index is 1.72. The van der Waals surface area contributed by atoms with Crippen molar-refractivity contribution in [1.82, 2.24) is 0 Å². The summed E-state index contributed by atoms with van der Waals surface area (Å²) in [5.41, 5.74) is 2.92. The molecule has 1 aromatic carbocycles. The number of hydrogen-bond donors (Lipinski definition) is 0. The average molecular weight is 969 g/mol. The summed E-state index contributed by atoms with van der Waals surface area (Å²) in [7, 11) is 0. The van der Waals surface area contributed by atoms with Crippen molar-refractivity contribution in [2.75, 3.05) is 0 Å². The molecule has 0 nitrogen and oxygen atoms in total. The minimum absolute atomic E-state index is 0.695. The summed E-state index contributed by atoms with van der Waals surface area (Å²) >= 11 is 21.0. The summed E-state index contributed by atoms with van der Waals surface area (Å²) in [6.45, 7) is 19.0. The summed E-state index contributed by atoms with van der Waals surface area (Å²) < 4.78 is 7.85. The molecule has 4 radical (unpaired) electrons. The zero-order valence-electron chi connectivity index (χ0n) is 30.1. The molecule has 0 saturated carbocycles. The molecule has 0 N–H and O–H groups in total. The third-order valence-corrected chi connectivity index (χ3v) is 23.6. The number of rotatable bonds is 18. The third-order valence-electron chi connectivity index (χ3n) is 9.36. The van der Waals surface area contributed by atoms with Crippen LogP contribution in [0.25, 0.3) is 41.1 Å². The molecular formula is C40H52Cl2S4Sn2. The van der Waals surface area contributed by atoms with E-state index < -0.39 is 42.3 Å². The molecule has 2 unspecified atom stereocenters. The van der Waals surface area contributed by atoms with Crippen LogP contribution in [0.3, 0.4) is 0 Å². The van der Waals surface area contributed by atoms with Gasteiger partial charge in [-0.1, -0.05) is 13.8 Å². The van der Waals surface area contributed by atoms with Gasteiger partial charge in [-0.25, -0.2) is 0 Å². The zero-order valence-corrected chi connectivity index (χ0v) is 40.6. The number of thiophene rings is 4. The van der Waals surface area contributed by atoms with Crippen molar-refractivity contribution in [2.45, 2.75) is 127 Å². The van der Waals surface area contributed by atoms with E-state index in [9.17, 15) is 0 Å². The van der Waals surface area contributed by atoms with Gasteiger partial charge in [-0.15, -0.1) is 0 Å². The van der Waals surface area contributed by atoms with E-state index in [4.69, 9.17) is 23.2 Å². The van der Waals surface area contributed by atoms with E-state index in [2.05, 4.69) is 102 Å². The Hall–Kier alpha value is 0.717. The fourth-order valence-electron chi connectivity index (χ4n) is 6.72. The van der Waals surface area contributed by atoms with Crippen molar-refractivity contribution >= 4 is 137 Å². The van der Waals surface area contributed by atoms with Crippen molar-refractivity contribution in [3.05, 3.63) is 44.1 Å². The van der Waals surface area contributed by atoms with E-state index >= 15 is 0 Å². The standard InChI is InChI=1S/C34H38Cl2S4.2C3H7.2Sn/c1-5-9-11-21(7-3)17-27-25(35)19-29(39-27)31-23-13-15-38-34(23)32(24-14-16-37-33(24)31)30-20-26(36)28(40-30)18-22(8-4)12-10-6-2;2*1-3-2;;/h13-14,19-22H,5-12,17-18H2,1-4H3;2*3H,1-2H3;;. The summed E-state index contributed by atoms with van der Waals surface area (Å²) in [6.07, 6.45) is 12.4. The van der Waals surface area contributed by atoms with Crippen LogP contribution in [-0.4, -0.2) is 42.3 Å². The maximum absolute atomic E-state index is 7.13. The molecular weight excluding hydrogens is 917 g/mol. The van der Waals surface area contributed by atoms with E-state index in [1.165, 1.54) is 102 Å². The van der Waals surface area contributed by atoms with Crippen LogP contribution in [-0.2, 0) is 12.8 Å². The maximum atomic E-state index is 7.13. The SMILES string of the molecule is CCCCC(CC)Cc1sc(-c2c3c[c]([Sn][CH](C)C)sc3c(-c3cc(Cl)c(CC(CC)CCCC)s3)c3c[c]([Sn][CH](C)C)sc23)cc1Cl. The van der Waals surface area contributed by atoms with E-state index in [0.29, 0.717) is 11.8 Å². The quantitative estimate of drug-likeness (QED) is 0.0768. The fraction of sp³-hybridized carbons (Fsp3) is 0.550. The van der Waals surface area contributed by atoms with Gasteiger partial charge in [-0.05, 0) is 0 Å². The van der Waals surface area contributed by atoms with E-state index in [1.807, 2.05) is 22.7 Å². The number of benzene rings is 1. The van der Waals surface area contributed by atoms with E-state index in [-0.39, 0.29) is 0 Å². The van der Waals surface area contributed by atoms with E-state index in [0.717, 1.165) is 30.8 Å². The first kappa shape index (κ1) is 39.9. The number of fused-ring (bicyclic) bond motifs is 2. The molecule has 0 saturated heterocycles. The van der Waals surface area contributed by atoms with Crippen molar-refractivity contribution in [1.29, 1.82) is 0 Å². The molecule has 8 heteroatoms. The van der Waals surface area contributed by atoms with E-state index in [1.54, 1.807) is 5.79 Å². The summed E-state index contributed by atoms with van der Waals surface area (Å²) in [6, 6.07) is 9.88. The van der Waals surface area contributed by atoms with Crippen LogP contribution in [0.15, 0.2) is 24.3 Å². The second kappa shape index (κ2) is 18.7. The van der Waals surface area contributed by atoms with Crippen LogP contribution < -0.4 is 5.79 Å². The predicted octanol–water partition coefficient (Wildman–Crippen LogP) is 14.7. The van der Waals surface area contributed by atoms with Crippen LogP contribution in [0.4, 0.5) is 0 Å². The Bertz CT molecular complexity index is 1610. The average Bonchev–Trinajstić information content (AvgIpc) is 3.81. The van der Waals surface area contributed by atoms with Gasteiger partial charge in [-0.3, -0.25) is 0 Å². The zero-order chi connectivity index (χ0) is 34.5. The molecule has 4 aromatic heterocycles. The van der Waals surface area contributed by atoms with Gasteiger partial charge >= 0.3 is 327 Å². The first-order valence-electron chi connectivity index (χ1n) is 18.2. The molecule has 0 amide bonds. The monoisotopic (exact) mass is 970 g/mol. The van der Waals surface area contributed by atoms with Gasteiger partial charge in [0.05, 0.1) is 0 Å². The van der Waals surface area contributed by atoms with Gasteiger partial charge in [-0.2, -0.15) is 0 Å². The normalized spacial score (nSPS) is 13.6. The molecule has 0 aliphatic rings. The Kier molecular flexibility index (Phi) is 15.5. The first-order chi connectivity index (χ1) is 23.1. The Labute approximate surface area is 337 Å². The molecule has 48 heavy (non-hydrogen) atoms. The van der Waals surface area contributed by atoms with Crippen LogP contribution >= 0.6 is 68.5 Å². The predicted molar refractivity (Wildman–Crippen MR) is 229 cm³/mol. The Morgan fingerprint density at radius 2 is 0.979 bits per heavy atom. The molecule has 0 aliphatic heterocycles.